The van der Waals surface area contributed by atoms with Crippen molar-refractivity contribution in [1.82, 2.24) is 15.2 Å². The Morgan fingerprint density at radius 1 is 1.10 bits per heavy atom. The molecule has 3 aromatic rings. The normalized spacial score (nSPS) is 17.3. The van der Waals surface area contributed by atoms with Gasteiger partial charge in [0, 0.05) is 55.3 Å². The molecule has 1 spiro atoms. The second-order valence-electron chi connectivity index (χ2n) is 8.33. The number of nitrogens with one attached hydrogen (secondary N) is 1. The van der Waals surface area contributed by atoms with Gasteiger partial charge in [-0.25, -0.2) is 4.79 Å². The average Bonchev–Trinajstić information content (AvgIpc) is 2.79. The van der Waals surface area contributed by atoms with Crippen LogP contribution in [0.5, 0.6) is 5.75 Å². The number of hydrogen-bond acceptors (Lipinski definition) is 4. The molecule has 3 heterocycles. The molecule has 2 aromatic carbocycles. The predicted molar refractivity (Wildman–Crippen MR) is 120 cm³/mol. The summed E-state index contributed by atoms with van der Waals surface area (Å²) in [6.07, 6.45) is 3.26. The number of pyridine rings is 1. The molecule has 1 saturated heterocycles. The number of ether oxygens (including phenoxy) is 2. The van der Waals surface area contributed by atoms with Gasteiger partial charge in [0.1, 0.15) is 5.75 Å². The summed E-state index contributed by atoms with van der Waals surface area (Å²) in [4.78, 5) is 18.3. The van der Waals surface area contributed by atoms with Crippen LogP contribution >= 0.6 is 0 Å². The largest absolute Gasteiger partial charge is 0.462 e. The van der Waals surface area contributed by atoms with E-state index in [1.54, 1.807) is 0 Å². The Morgan fingerprint density at radius 2 is 1.87 bits per heavy atom. The van der Waals surface area contributed by atoms with Crippen LogP contribution in [-0.4, -0.2) is 41.3 Å². The van der Waals surface area contributed by atoms with Gasteiger partial charge >= 0.3 is 6.03 Å². The monoisotopic (exact) mass is 417 g/mol. The molecular weight excluding hydrogens is 390 g/mol. The number of fused-ring (bicyclic) bond motifs is 2. The first-order chi connectivity index (χ1) is 15.0. The maximum atomic E-state index is 12.1. The Bertz CT molecular complexity index is 1140. The van der Waals surface area contributed by atoms with Crippen LogP contribution in [0.4, 0.5) is 4.79 Å². The fourth-order valence-corrected chi connectivity index (χ4v) is 4.40. The molecule has 0 radical (unpaired) electrons. The molecular formula is C25H27N3O3. The Morgan fingerprint density at radius 3 is 2.68 bits per heavy atom. The molecule has 1 N–H and O–H groups in total. The molecule has 6 heteroatoms. The zero-order chi connectivity index (χ0) is 21.4. The number of benzene rings is 2. The van der Waals surface area contributed by atoms with E-state index in [0.29, 0.717) is 39.1 Å². The minimum atomic E-state index is -0.634. The van der Waals surface area contributed by atoms with Crippen LogP contribution in [0.15, 0.2) is 48.7 Å². The van der Waals surface area contributed by atoms with Gasteiger partial charge in [-0.1, -0.05) is 18.2 Å². The van der Waals surface area contributed by atoms with Crippen molar-refractivity contribution in [2.45, 2.75) is 39.1 Å². The van der Waals surface area contributed by atoms with Crippen molar-refractivity contribution >= 4 is 16.8 Å². The fraction of sp³-hybridized carbons (Fsp3) is 0.360. The molecule has 0 saturated carbocycles. The third kappa shape index (κ3) is 3.83. The molecule has 5 rings (SSSR count). The molecule has 0 atom stereocenters. The number of piperidine rings is 1. The van der Waals surface area contributed by atoms with Crippen LogP contribution in [0.3, 0.4) is 0 Å². The van der Waals surface area contributed by atoms with Crippen molar-refractivity contribution in [3.63, 3.8) is 0 Å². The molecule has 2 aliphatic rings. The van der Waals surface area contributed by atoms with Crippen LogP contribution in [0.1, 0.15) is 31.0 Å². The second-order valence-corrected chi connectivity index (χ2v) is 8.33. The van der Waals surface area contributed by atoms with E-state index in [4.69, 9.17) is 9.47 Å². The maximum Gasteiger partial charge on any atom is 0.317 e. The lowest BCUT2D eigenvalue weighted by atomic mass is 9.98. The zero-order valence-electron chi connectivity index (χ0n) is 18.0. The van der Waals surface area contributed by atoms with Gasteiger partial charge in [0.2, 0.25) is 5.79 Å². The van der Waals surface area contributed by atoms with Crippen LogP contribution in [0, 0.1) is 6.92 Å². The molecule has 31 heavy (non-hydrogen) atoms. The number of aryl methyl sites for hydroxylation is 1. The van der Waals surface area contributed by atoms with E-state index in [1.165, 1.54) is 5.39 Å². The highest BCUT2D eigenvalue weighted by Crippen LogP contribution is 2.39. The van der Waals surface area contributed by atoms with Crippen LogP contribution in [0.2, 0.25) is 0 Å². The number of likely N-dealkylation sites (tertiary alicyclic amines) is 1. The lowest BCUT2D eigenvalue weighted by Crippen LogP contribution is -2.54. The number of carbonyl (C=O) groups excluding carboxylic acids is 1. The molecule has 0 aliphatic carbocycles. The number of urea groups is 1. The third-order valence-corrected chi connectivity index (χ3v) is 6.18. The van der Waals surface area contributed by atoms with E-state index >= 15 is 0 Å². The van der Waals surface area contributed by atoms with Crippen molar-refractivity contribution in [3.05, 3.63) is 59.9 Å². The minimum absolute atomic E-state index is 0.0143. The lowest BCUT2D eigenvalue weighted by molar-refractivity contribution is -0.225. The van der Waals surface area contributed by atoms with E-state index in [-0.39, 0.29) is 6.03 Å². The Hall–Kier alpha value is -3.12. The average molecular weight is 418 g/mol. The van der Waals surface area contributed by atoms with Crippen molar-refractivity contribution in [3.8, 4) is 16.9 Å². The summed E-state index contributed by atoms with van der Waals surface area (Å²) in [7, 11) is 0. The van der Waals surface area contributed by atoms with Crippen molar-refractivity contribution in [2.24, 2.45) is 0 Å². The Kier molecular flexibility index (Phi) is 5.02. The zero-order valence-corrected chi connectivity index (χ0v) is 18.0. The van der Waals surface area contributed by atoms with Crippen LogP contribution in [-0.2, 0) is 11.3 Å². The summed E-state index contributed by atoms with van der Waals surface area (Å²) < 4.78 is 12.5. The van der Waals surface area contributed by atoms with Gasteiger partial charge < -0.3 is 19.7 Å². The van der Waals surface area contributed by atoms with E-state index in [9.17, 15) is 4.79 Å². The number of nitrogens with zero attached hydrogens (tertiary/aromatic N) is 2. The minimum Gasteiger partial charge on any atom is -0.462 e. The molecule has 0 bridgehead atoms. The van der Waals surface area contributed by atoms with Gasteiger partial charge in [0.15, 0.2) is 0 Å². The van der Waals surface area contributed by atoms with Gasteiger partial charge in [-0.2, -0.15) is 0 Å². The van der Waals surface area contributed by atoms with Crippen LogP contribution in [0.25, 0.3) is 21.9 Å². The van der Waals surface area contributed by atoms with Crippen LogP contribution < -0.4 is 10.1 Å². The lowest BCUT2D eigenvalue weighted by Gasteiger charge is -2.43. The summed E-state index contributed by atoms with van der Waals surface area (Å²) in [5.74, 6) is 0.243. The van der Waals surface area contributed by atoms with Crippen molar-refractivity contribution < 1.29 is 14.3 Å². The van der Waals surface area contributed by atoms with Gasteiger partial charge in [-0.3, -0.25) is 4.98 Å². The first-order valence-corrected chi connectivity index (χ1v) is 10.9. The summed E-state index contributed by atoms with van der Waals surface area (Å²) in [5.41, 5.74) is 4.38. The predicted octanol–water partition coefficient (Wildman–Crippen LogP) is 4.64. The molecule has 0 unspecified atom stereocenters. The quantitative estimate of drug-likeness (QED) is 0.660. The summed E-state index contributed by atoms with van der Waals surface area (Å²) in [5, 5.41) is 5.19. The van der Waals surface area contributed by atoms with Gasteiger partial charge in [-0.15, -0.1) is 0 Å². The van der Waals surface area contributed by atoms with Crippen molar-refractivity contribution in [2.75, 3.05) is 19.6 Å². The topological polar surface area (TPSA) is 63.7 Å². The van der Waals surface area contributed by atoms with Gasteiger partial charge in [0.25, 0.3) is 0 Å². The third-order valence-electron chi connectivity index (χ3n) is 6.18. The number of amides is 2. The molecule has 1 aromatic heterocycles. The number of hydrogen-bond donors (Lipinski definition) is 1. The SMILES string of the molecule is CCNC(=O)N1CCC2(CC1)OCc1cc(-c3ccc4cnc(C)cc4c3)ccc1O2. The summed E-state index contributed by atoms with van der Waals surface area (Å²) in [6, 6.07) is 14.9. The Balaban J connectivity index is 1.34. The van der Waals surface area contributed by atoms with Gasteiger partial charge in [0.05, 0.1) is 6.61 Å². The van der Waals surface area contributed by atoms with Gasteiger partial charge in [-0.05, 0) is 54.6 Å². The summed E-state index contributed by atoms with van der Waals surface area (Å²) in [6.45, 7) is 6.35. The molecule has 1 fully saturated rings. The highest BCUT2D eigenvalue weighted by atomic mass is 16.7. The standard InChI is InChI=1S/C25H27N3O3/c1-3-26-24(29)28-10-8-25(9-11-28)30-16-22-14-19(6-7-23(22)31-25)18-4-5-20-15-27-17(2)12-21(20)13-18/h4-7,12-15H,3,8-11,16H2,1-2H3,(H,26,29). The number of carbonyl (C=O) groups is 1. The highest BCUT2D eigenvalue weighted by molar-refractivity contribution is 5.87. The first kappa shape index (κ1) is 19.8. The maximum absolute atomic E-state index is 12.1. The first-order valence-electron chi connectivity index (χ1n) is 10.9. The van der Waals surface area contributed by atoms with E-state index in [1.807, 2.05) is 31.0 Å². The number of rotatable bonds is 2. The highest BCUT2D eigenvalue weighted by Gasteiger charge is 2.41. The molecule has 2 aliphatic heterocycles. The van der Waals surface area contributed by atoms with E-state index in [2.05, 4.69) is 46.7 Å². The smallest absolute Gasteiger partial charge is 0.317 e. The Labute approximate surface area is 182 Å². The van der Waals surface area contributed by atoms with Crippen molar-refractivity contribution in [1.29, 1.82) is 0 Å². The molecule has 160 valence electrons. The molecule has 6 nitrogen and oxygen atoms in total. The van der Waals surface area contributed by atoms with E-state index in [0.717, 1.165) is 33.5 Å². The second kappa shape index (κ2) is 7.85. The fourth-order valence-electron chi connectivity index (χ4n) is 4.40. The summed E-state index contributed by atoms with van der Waals surface area (Å²) >= 11 is 0. The number of aromatic nitrogens is 1. The molecule has 2 amide bonds. The van der Waals surface area contributed by atoms with E-state index < -0.39 is 5.79 Å².